The van der Waals surface area contributed by atoms with Gasteiger partial charge in [-0.3, -0.25) is 4.79 Å². The van der Waals surface area contributed by atoms with E-state index in [-0.39, 0.29) is 30.9 Å². The van der Waals surface area contributed by atoms with Crippen LogP contribution in [0.2, 0.25) is 0 Å². The fraction of sp³-hybridized carbons (Fsp3) is 0.818. The Bertz CT molecular complexity index is 131. The molecule has 3 heteroatoms. The first kappa shape index (κ1) is 16.5. The smallest absolute Gasteiger partial charge is 0.463 e. The van der Waals surface area contributed by atoms with Gasteiger partial charge in [-0.1, -0.05) is 13.3 Å². The molecule has 1 fully saturated rings. The third kappa shape index (κ3) is 10.2. The van der Waals surface area contributed by atoms with Crippen molar-refractivity contribution in [3.05, 3.63) is 6.92 Å². The average molecular weight is 192 g/mol. The molecule has 0 aromatic rings. The topological polar surface area (TPSA) is 26.3 Å². The predicted molar refractivity (Wildman–Crippen MR) is 54.3 cm³/mol. The van der Waals surface area contributed by atoms with E-state index in [1.54, 1.807) is 0 Å². The van der Waals surface area contributed by atoms with Crippen molar-refractivity contribution in [1.82, 2.24) is 0 Å². The maximum Gasteiger partial charge on any atom is 1.00 e. The van der Waals surface area contributed by atoms with Gasteiger partial charge in [-0.2, -0.15) is 6.42 Å². The Balaban J connectivity index is 0. The van der Waals surface area contributed by atoms with Gasteiger partial charge in [0.15, 0.2) is 0 Å². The molecule has 0 spiro atoms. The number of hydrogen-bond donors (Lipinski definition) is 0. The van der Waals surface area contributed by atoms with Crippen LogP contribution >= 0.6 is 0 Å². The van der Waals surface area contributed by atoms with Gasteiger partial charge in [0.25, 0.3) is 0 Å². The van der Waals surface area contributed by atoms with E-state index in [1.807, 2.05) is 6.92 Å². The summed E-state index contributed by atoms with van der Waals surface area (Å²) in [5.74, 6) is -0.132. The van der Waals surface area contributed by atoms with Crippen molar-refractivity contribution >= 4 is 5.97 Å². The normalized spacial score (nSPS) is 15.9. The first-order valence-electron chi connectivity index (χ1n) is 5.17. The van der Waals surface area contributed by atoms with Crippen LogP contribution in [0.25, 0.3) is 0 Å². The number of rotatable bonds is 1. The van der Waals surface area contributed by atoms with Crippen LogP contribution in [-0.4, -0.2) is 12.1 Å². The van der Waals surface area contributed by atoms with Gasteiger partial charge in [-0.25, -0.2) is 0 Å². The summed E-state index contributed by atoms with van der Waals surface area (Å²) in [5.41, 5.74) is 0. The molecule has 2 nitrogen and oxygen atoms in total. The summed E-state index contributed by atoms with van der Waals surface area (Å²) in [6.45, 7) is 6.98. The van der Waals surface area contributed by atoms with Gasteiger partial charge in [-0.15, -0.1) is 0 Å². The van der Waals surface area contributed by atoms with Crippen molar-refractivity contribution in [3.63, 3.8) is 0 Å². The minimum absolute atomic E-state index is 0. The Kier molecular flexibility index (Phi) is 13.1. The van der Waals surface area contributed by atoms with Crippen LogP contribution in [0, 0.1) is 6.92 Å². The third-order valence-corrected chi connectivity index (χ3v) is 1.88. The van der Waals surface area contributed by atoms with Crippen LogP contribution < -0.4 is 18.9 Å². The molecule has 78 valence electrons. The van der Waals surface area contributed by atoms with E-state index < -0.39 is 0 Å². The van der Waals surface area contributed by atoms with Crippen LogP contribution in [0.3, 0.4) is 0 Å². The summed E-state index contributed by atoms with van der Waals surface area (Å²) in [4.78, 5) is 10.5. The average Bonchev–Trinajstić information content (AvgIpc) is 2.06. The second-order valence-corrected chi connectivity index (χ2v) is 3.37. The number of hydrogen-bond acceptors (Lipinski definition) is 2. The van der Waals surface area contributed by atoms with Crippen LogP contribution in [0.1, 0.15) is 52.4 Å². The molecule has 0 atom stereocenters. The van der Waals surface area contributed by atoms with Gasteiger partial charge < -0.3 is 11.7 Å². The molecule has 0 saturated heterocycles. The zero-order chi connectivity index (χ0) is 10.1. The predicted octanol–water partition coefficient (Wildman–Crippen LogP) is 0.117. The minimum atomic E-state index is -0.132. The molecule has 0 radical (unpaired) electrons. The summed E-state index contributed by atoms with van der Waals surface area (Å²) in [7, 11) is 0. The van der Waals surface area contributed by atoms with E-state index in [2.05, 4.69) is 6.92 Å². The molecule has 0 bridgehead atoms. The van der Waals surface area contributed by atoms with Crippen molar-refractivity contribution in [2.75, 3.05) is 0 Å². The molecule has 0 aromatic heterocycles. The van der Waals surface area contributed by atoms with Gasteiger partial charge >= 0.3 is 24.8 Å². The molecule has 1 aliphatic carbocycles. The molecule has 1 saturated carbocycles. The van der Waals surface area contributed by atoms with Crippen LogP contribution in [0.15, 0.2) is 0 Å². The quantitative estimate of drug-likeness (QED) is 0.335. The van der Waals surface area contributed by atoms with Crippen molar-refractivity contribution in [3.8, 4) is 0 Å². The molecular weight excluding hydrogens is 171 g/mol. The Morgan fingerprint density at radius 1 is 1.36 bits per heavy atom. The number of esters is 1. The van der Waals surface area contributed by atoms with E-state index >= 15 is 0 Å². The monoisotopic (exact) mass is 192 g/mol. The Morgan fingerprint density at radius 2 is 1.79 bits per heavy atom. The van der Waals surface area contributed by atoms with Gasteiger partial charge in [0.2, 0.25) is 0 Å². The Hall–Kier alpha value is 0.0674. The minimum Gasteiger partial charge on any atom is -0.463 e. The fourth-order valence-electron chi connectivity index (χ4n) is 1.42. The maximum absolute atomic E-state index is 10.5. The zero-order valence-electron chi connectivity index (χ0n) is 9.84. The van der Waals surface area contributed by atoms with Gasteiger partial charge in [-0.05, 0) is 25.7 Å². The van der Waals surface area contributed by atoms with E-state index in [9.17, 15) is 4.79 Å². The van der Waals surface area contributed by atoms with Crippen molar-refractivity contribution in [2.45, 2.75) is 58.5 Å². The van der Waals surface area contributed by atoms with E-state index in [0.29, 0.717) is 0 Å². The molecule has 14 heavy (non-hydrogen) atoms. The molecule has 0 amide bonds. The maximum atomic E-state index is 10.5. The number of ether oxygens (including phenoxy) is 1. The molecule has 0 N–H and O–H groups in total. The first-order valence-corrected chi connectivity index (χ1v) is 5.17. The van der Waals surface area contributed by atoms with Crippen LogP contribution in [-0.2, 0) is 9.53 Å². The molecule has 1 aliphatic rings. The number of carbonyl (C=O) groups excluding carboxylic acids is 1. The fourth-order valence-corrected chi connectivity index (χ4v) is 1.42. The van der Waals surface area contributed by atoms with Crippen molar-refractivity contribution in [1.29, 1.82) is 0 Å². The Morgan fingerprint density at radius 3 is 2.14 bits per heavy atom. The first-order chi connectivity index (χ1) is 6.20. The number of carbonyl (C=O) groups is 1. The van der Waals surface area contributed by atoms with Crippen molar-refractivity contribution < 1.29 is 28.4 Å². The summed E-state index contributed by atoms with van der Waals surface area (Å²) >= 11 is 0. The molecule has 0 aliphatic heterocycles. The largest absolute Gasteiger partial charge is 1.00 e. The summed E-state index contributed by atoms with van der Waals surface area (Å²) in [6, 6.07) is 0. The summed E-state index contributed by atoms with van der Waals surface area (Å²) in [5, 5.41) is 0. The van der Waals surface area contributed by atoms with E-state index in [4.69, 9.17) is 4.74 Å². The zero-order valence-corrected chi connectivity index (χ0v) is 9.84. The SMILES string of the molecule is CC(=O)OC1CCCCC1.[CH2-]CC.[Li+]. The molecule has 1 rings (SSSR count). The van der Waals surface area contributed by atoms with Crippen molar-refractivity contribution in [2.24, 2.45) is 0 Å². The summed E-state index contributed by atoms with van der Waals surface area (Å²) < 4.78 is 5.05. The molecule has 0 unspecified atom stereocenters. The Labute approximate surface area is 100.0 Å². The molecule has 0 heterocycles. The van der Waals surface area contributed by atoms with Crippen LogP contribution in [0.5, 0.6) is 0 Å². The summed E-state index contributed by atoms with van der Waals surface area (Å²) in [6.07, 6.45) is 7.11. The molecular formula is C11H21LiO2. The van der Waals surface area contributed by atoms with Gasteiger partial charge in [0, 0.05) is 6.92 Å². The second kappa shape index (κ2) is 11.1. The van der Waals surface area contributed by atoms with Crippen LogP contribution in [0.4, 0.5) is 0 Å². The van der Waals surface area contributed by atoms with E-state index in [0.717, 1.165) is 19.3 Å². The molecule has 0 aromatic carbocycles. The van der Waals surface area contributed by atoms with Gasteiger partial charge in [0.1, 0.15) is 6.10 Å². The standard InChI is InChI=1S/C8H14O2.C3H7.Li/c1-7(9)10-8-5-3-2-4-6-8;1-3-2;/h8H,2-6H2,1H3;1,3H2,2H3;/q;-1;+1. The third-order valence-electron chi connectivity index (χ3n) is 1.88. The van der Waals surface area contributed by atoms with Gasteiger partial charge in [0.05, 0.1) is 0 Å². The van der Waals surface area contributed by atoms with E-state index in [1.165, 1.54) is 26.2 Å². The second-order valence-electron chi connectivity index (χ2n) is 3.37.